The van der Waals surface area contributed by atoms with Crippen LogP contribution in [0.2, 0.25) is 0 Å². The van der Waals surface area contributed by atoms with Gasteiger partial charge in [-0.25, -0.2) is 0 Å². The third kappa shape index (κ3) is 3.59. The first-order valence-electron chi connectivity index (χ1n) is 6.97. The van der Waals surface area contributed by atoms with E-state index in [-0.39, 0.29) is 11.9 Å². The van der Waals surface area contributed by atoms with Crippen molar-refractivity contribution in [3.8, 4) is 5.75 Å². The van der Waals surface area contributed by atoms with Gasteiger partial charge in [0.2, 0.25) is 0 Å². The normalized spacial score (nSPS) is 23.6. The van der Waals surface area contributed by atoms with Gasteiger partial charge in [0.05, 0.1) is 5.92 Å². The fourth-order valence-corrected chi connectivity index (χ4v) is 2.73. The van der Waals surface area contributed by atoms with Crippen molar-refractivity contribution in [2.24, 2.45) is 11.8 Å². The molecule has 0 bridgehead atoms. The van der Waals surface area contributed by atoms with Gasteiger partial charge >= 0.3 is 5.97 Å². The van der Waals surface area contributed by atoms with Crippen LogP contribution in [-0.2, 0) is 4.79 Å². The third-order valence-electron chi connectivity index (χ3n) is 3.78. The average Bonchev–Trinajstić information content (AvgIpc) is 2.41. The van der Waals surface area contributed by atoms with Crippen LogP contribution in [0.5, 0.6) is 5.75 Å². The number of esters is 1. The van der Waals surface area contributed by atoms with E-state index in [0.717, 1.165) is 18.8 Å². The number of hydrogen-bond acceptors (Lipinski definition) is 2. The molecule has 1 aromatic rings. The van der Waals surface area contributed by atoms with Crippen molar-refractivity contribution in [1.29, 1.82) is 0 Å². The first-order chi connectivity index (χ1) is 8.79. The van der Waals surface area contributed by atoms with Gasteiger partial charge in [0.15, 0.2) is 0 Å². The van der Waals surface area contributed by atoms with Gasteiger partial charge in [-0.15, -0.1) is 0 Å². The Balaban J connectivity index is 1.81. The third-order valence-corrected chi connectivity index (χ3v) is 3.78. The Hall–Kier alpha value is -1.31. The van der Waals surface area contributed by atoms with Gasteiger partial charge in [-0.3, -0.25) is 4.79 Å². The highest BCUT2D eigenvalue weighted by Gasteiger charge is 2.27. The monoisotopic (exact) mass is 245 g/mol. The molecular weight excluding hydrogens is 224 g/mol. The largest absolute Gasteiger partial charge is 0.426 e. The van der Waals surface area contributed by atoms with Crippen LogP contribution in [0.1, 0.15) is 45.4 Å². The molecule has 2 rings (SSSR count). The molecule has 0 heterocycles. The van der Waals surface area contributed by atoms with Gasteiger partial charge < -0.3 is 4.74 Å². The Bertz CT molecular complexity index is 364. The lowest BCUT2D eigenvalue weighted by Crippen LogP contribution is -2.25. The summed E-state index contributed by atoms with van der Waals surface area (Å²) in [5, 5.41) is 0. The maximum Gasteiger partial charge on any atom is 0.314 e. The molecule has 0 atom stereocenters. The predicted molar refractivity (Wildman–Crippen MR) is 71.3 cm³/mol. The van der Waals surface area contributed by atoms with Crippen LogP contribution in [0.15, 0.2) is 24.3 Å². The number of carbonyl (C=O) groups is 1. The lowest BCUT2D eigenvalue weighted by molar-refractivity contribution is -0.140. The number of ether oxygens (including phenoxy) is 1. The van der Waals surface area contributed by atoms with Gasteiger partial charge in [0.25, 0.3) is 0 Å². The van der Waals surface area contributed by atoms with Crippen LogP contribution in [-0.4, -0.2) is 5.97 Å². The fourth-order valence-electron chi connectivity index (χ4n) is 2.73. The topological polar surface area (TPSA) is 26.3 Å². The summed E-state index contributed by atoms with van der Waals surface area (Å²) >= 11 is 0. The summed E-state index contributed by atoms with van der Waals surface area (Å²) in [6.07, 6.45) is 6.88. The van der Waals surface area contributed by atoms with Crippen LogP contribution >= 0.6 is 0 Å². The van der Waals surface area contributed by atoms with E-state index in [4.69, 9.17) is 4.74 Å². The second-order valence-corrected chi connectivity index (χ2v) is 5.16. The van der Waals surface area contributed by atoms with E-state index < -0.39 is 0 Å². The molecule has 2 heteroatoms. The Labute approximate surface area is 109 Å². The van der Waals surface area contributed by atoms with Gasteiger partial charge in [0.1, 0.15) is 5.75 Å². The first kappa shape index (κ1) is 13.1. The van der Waals surface area contributed by atoms with Crippen LogP contribution in [0.3, 0.4) is 0 Å². The van der Waals surface area contributed by atoms with E-state index in [9.17, 15) is 4.79 Å². The van der Waals surface area contributed by atoms with Crippen LogP contribution < -0.4 is 4.74 Å². The Kier molecular flexibility index (Phi) is 4.80. The van der Waals surface area contributed by atoms with Crippen molar-refractivity contribution in [3.63, 3.8) is 0 Å². The predicted octanol–water partition coefficient (Wildman–Crippen LogP) is 4.00. The number of benzene rings is 1. The summed E-state index contributed by atoms with van der Waals surface area (Å²) < 4.78 is 5.39. The minimum Gasteiger partial charge on any atom is -0.426 e. The quantitative estimate of drug-likeness (QED) is 0.592. The van der Waals surface area contributed by atoms with E-state index in [0.29, 0.717) is 5.75 Å². The Morgan fingerprint density at radius 3 is 2.56 bits per heavy atom. The molecule has 1 radical (unpaired) electrons. The molecule has 18 heavy (non-hydrogen) atoms. The van der Waals surface area contributed by atoms with Crippen molar-refractivity contribution in [2.45, 2.75) is 45.4 Å². The standard InChI is InChI=1S/C16H21O2/c1-2-6-13-9-11-14(12-10-13)16(17)18-15-7-4-3-5-8-15/h4-5,7-8,13-14H,2,6,9-12H2,1H3. The average molecular weight is 245 g/mol. The number of rotatable bonds is 4. The molecule has 1 saturated carbocycles. The molecule has 2 nitrogen and oxygen atoms in total. The van der Waals surface area contributed by atoms with E-state index >= 15 is 0 Å². The number of carbonyl (C=O) groups excluding carboxylic acids is 1. The number of hydrogen-bond donors (Lipinski definition) is 0. The van der Waals surface area contributed by atoms with Crippen LogP contribution in [0.4, 0.5) is 0 Å². The van der Waals surface area contributed by atoms with Crippen molar-refractivity contribution >= 4 is 5.97 Å². The molecule has 0 unspecified atom stereocenters. The van der Waals surface area contributed by atoms with Crippen LogP contribution in [0, 0.1) is 17.9 Å². The van der Waals surface area contributed by atoms with E-state index in [1.54, 1.807) is 24.3 Å². The highest BCUT2D eigenvalue weighted by atomic mass is 16.5. The van der Waals surface area contributed by atoms with Crippen molar-refractivity contribution in [3.05, 3.63) is 30.3 Å². The molecule has 1 fully saturated rings. The van der Waals surface area contributed by atoms with E-state index in [2.05, 4.69) is 13.0 Å². The maximum absolute atomic E-state index is 12.0. The minimum atomic E-state index is -0.0591. The molecule has 0 N–H and O–H groups in total. The highest BCUT2D eigenvalue weighted by molar-refractivity contribution is 5.75. The highest BCUT2D eigenvalue weighted by Crippen LogP contribution is 2.32. The minimum absolute atomic E-state index is 0.0591. The summed E-state index contributed by atoms with van der Waals surface area (Å²) in [5.74, 6) is 1.50. The zero-order valence-corrected chi connectivity index (χ0v) is 11.0. The second-order valence-electron chi connectivity index (χ2n) is 5.16. The molecule has 1 aromatic carbocycles. The summed E-state index contributed by atoms with van der Waals surface area (Å²) in [5.41, 5.74) is 0. The van der Waals surface area contributed by atoms with Crippen LogP contribution in [0.25, 0.3) is 0 Å². The van der Waals surface area contributed by atoms with Crippen molar-refractivity contribution < 1.29 is 9.53 Å². The van der Waals surface area contributed by atoms with Gasteiger partial charge in [-0.1, -0.05) is 31.9 Å². The van der Waals surface area contributed by atoms with Crippen molar-refractivity contribution in [2.75, 3.05) is 0 Å². The lowest BCUT2D eigenvalue weighted by Gasteiger charge is -2.26. The van der Waals surface area contributed by atoms with E-state index in [1.807, 2.05) is 0 Å². The molecule has 0 aromatic heterocycles. The van der Waals surface area contributed by atoms with Gasteiger partial charge in [0, 0.05) is 0 Å². The molecule has 0 aliphatic heterocycles. The van der Waals surface area contributed by atoms with Gasteiger partial charge in [-0.05, 0) is 49.8 Å². The lowest BCUT2D eigenvalue weighted by atomic mass is 9.80. The summed E-state index contributed by atoms with van der Waals surface area (Å²) in [7, 11) is 0. The van der Waals surface area contributed by atoms with Crippen molar-refractivity contribution in [1.82, 2.24) is 0 Å². The molecule has 0 spiro atoms. The molecule has 1 aliphatic carbocycles. The first-order valence-corrected chi connectivity index (χ1v) is 6.97. The maximum atomic E-state index is 12.0. The van der Waals surface area contributed by atoms with E-state index in [1.165, 1.54) is 25.7 Å². The zero-order valence-electron chi connectivity index (χ0n) is 11.0. The Morgan fingerprint density at radius 2 is 1.94 bits per heavy atom. The molecule has 0 saturated heterocycles. The summed E-state index contributed by atoms with van der Waals surface area (Å²) in [4.78, 5) is 12.0. The molecule has 1 aliphatic rings. The summed E-state index contributed by atoms with van der Waals surface area (Å²) in [6, 6.07) is 10.0. The molecular formula is C16H21O2. The van der Waals surface area contributed by atoms with Gasteiger partial charge in [-0.2, -0.15) is 0 Å². The molecule has 0 amide bonds. The zero-order chi connectivity index (χ0) is 12.8. The molecule has 97 valence electrons. The fraction of sp³-hybridized carbons (Fsp3) is 0.562. The SMILES string of the molecule is CCCC1CCC(C(=O)Oc2cc[c]cc2)CC1. The smallest absolute Gasteiger partial charge is 0.314 e. The Morgan fingerprint density at radius 1 is 1.28 bits per heavy atom. The summed E-state index contributed by atoms with van der Waals surface area (Å²) in [6.45, 7) is 2.23. The second kappa shape index (κ2) is 6.58.